The summed E-state index contributed by atoms with van der Waals surface area (Å²) in [6.45, 7) is 3.61. The fraction of sp³-hybridized carbons (Fsp3) is 0.300. The summed E-state index contributed by atoms with van der Waals surface area (Å²) in [5.74, 6) is 0. The van der Waals surface area contributed by atoms with Crippen molar-refractivity contribution in [2.75, 3.05) is 0 Å². The Balaban J connectivity index is 0.000000292. The van der Waals surface area contributed by atoms with Crippen LogP contribution in [0.1, 0.15) is 19.4 Å². The van der Waals surface area contributed by atoms with Gasteiger partial charge in [-0.05, 0) is 18.9 Å². The highest BCUT2D eigenvalue weighted by molar-refractivity contribution is 5.44. The second-order valence-electron chi connectivity index (χ2n) is 2.07. The monoisotopic (exact) mass is 150 g/mol. The summed E-state index contributed by atoms with van der Waals surface area (Å²) in [5, 5.41) is 0. The largest absolute Gasteiger partial charge is 0.304 e. The first-order chi connectivity index (χ1) is 5.35. The maximum atomic E-state index is 8.81. The summed E-state index contributed by atoms with van der Waals surface area (Å²) >= 11 is 0. The minimum absolute atomic E-state index is 0.750. The summed E-state index contributed by atoms with van der Waals surface area (Å²) in [4.78, 5) is 8.81. The lowest BCUT2D eigenvalue weighted by Crippen LogP contribution is -1.73. The second kappa shape index (κ2) is 7.00. The molecule has 0 radical (unpaired) electrons. The summed E-state index contributed by atoms with van der Waals surface area (Å²) in [7, 11) is 0. The molecule has 1 nitrogen and oxygen atoms in total. The Bertz CT molecular complexity index is 179. The van der Waals surface area contributed by atoms with Gasteiger partial charge in [-0.25, -0.2) is 0 Å². The van der Waals surface area contributed by atoms with Crippen LogP contribution in [-0.4, -0.2) is 6.29 Å². The highest BCUT2D eigenvalue weighted by Crippen LogP contribution is 1.96. The van der Waals surface area contributed by atoms with E-state index in [0.29, 0.717) is 0 Å². The molecule has 0 aliphatic carbocycles. The Morgan fingerprint density at radius 2 is 1.73 bits per heavy atom. The molecule has 0 saturated heterocycles. The van der Waals surface area contributed by atoms with Crippen molar-refractivity contribution in [2.24, 2.45) is 0 Å². The summed E-state index contributed by atoms with van der Waals surface area (Å²) in [6.07, 6.45) is 1.89. The first kappa shape index (κ1) is 9.89. The molecule has 0 spiro atoms. The summed E-state index contributed by atoms with van der Waals surface area (Å²) < 4.78 is 0. The number of hydrogen-bond donors (Lipinski definition) is 0. The molecule has 1 aromatic carbocycles. The molecule has 0 fully saturated rings. The SMILES string of the molecule is CC=O.CCc1ccccc1. The zero-order valence-corrected chi connectivity index (χ0v) is 7.08. The number of aryl methyl sites for hydroxylation is 1. The molecule has 11 heavy (non-hydrogen) atoms. The van der Waals surface area contributed by atoms with Gasteiger partial charge in [0.2, 0.25) is 0 Å². The molecule has 1 rings (SSSR count). The van der Waals surface area contributed by atoms with E-state index in [2.05, 4.69) is 31.2 Å². The molecule has 0 unspecified atom stereocenters. The molecule has 0 aromatic heterocycles. The minimum atomic E-state index is 0.750. The van der Waals surface area contributed by atoms with E-state index in [9.17, 15) is 0 Å². The molecule has 0 heterocycles. The van der Waals surface area contributed by atoms with E-state index >= 15 is 0 Å². The van der Waals surface area contributed by atoms with Crippen molar-refractivity contribution >= 4 is 6.29 Å². The van der Waals surface area contributed by atoms with Crippen LogP contribution in [0.4, 0.5) is 0 Å². The number of hydrogen-bond acceptors (Lipinski definition) is 1. The van der Waals surface area contributed by atoms with Crippen LogP contribution >= 0.6 is 0 Å². The third-order valence-electron chi connectivity index (χ3n) is 1.25. The maximum absolute atomic E-state index is 8.81. The van der Waals surface area contributed by atoms with E-state index in [4.69, 9.17) is 4.79 Å². The van der Waals surface area contributed by atoms with Gasteiger partial charge >= 0.3 is 0 Å². The van der Waals surface area contributed by atoms with Crippen molar-refractivity contribution in [3.63, 3.8) is 0 Å². The summed E-state index contributed by atoms with van der Waals surface area (Å²) in [5.41, 5.74) is 1.41. The number of carbonyl (C=O) groups is 1. The van der Waals surface area contributed by atoms with Gasteiger partial charge in [0.1, 0.15) is 6.29 Å². The van der Waals surface area contributed by atoms with Gasteiger partial charge in [-0.1, -0.05) is 37.3 Å². The normalized spacial score (nSPS) is 7.82. The van der Waals surface area contributed by atoms with Crippen LogP contribution in [0.25, 0.3) is 0 Å². The Hall–Kier alpha value is -1.11. The van der Waals surface area contributed by atoms with Crippen LogP contribution in [-0.2, 0) is 11.2 Å². The topological polar surface area (TPSA) is 17.1 Å². The van der Waals surface area contributed by atoms with Crippen LogP contribution in [0.2, 0.25) is 0 Å². The van der Waals surface area contributed by atoms with E-state index < -0.39 is 0 Å². The smallest absolute Gasteiger partial charge is 0.116 e. The number of benzene rings is 1. The number of carbonyl (C=O) groups excluding carboxylic acids is 1. The predicted molar refractivity (Wildman–Crippen MR) is 47.6 cm³/mol. The zero-order chi connectivity index (χ0) is 8.53. The van der Waals surface area contributed by atoms with Gasteiger partial charge in [0, 0.05) is 0 Å². The van der Waals surface area contributed by atoms with Gasteiger partial charge in [0.15, 0.2) is 0 Å². The lowest BCUT2D eigenvalue weighted by atomic mass is 10.2. The molecule has 0 bridgehead atoms. The van der Waals surface area contributed by atoms with Crippen LogP contribution in [0, 0.1) is 0 Å². The van der Waals surface area contributed by atoms with E-state index in [0.717, 1.165) is 12.7 Å². The highest BCUT2D eigenvalue weighted by atomic mass is 16.1. The molecule has 0 atom stereocenters. The van der Waals surface area contributed by atoms with Crippen molar-refractivity contribution in [3.05, 3.63) is 35.9 Å². The molecule has 1 aromatic rings. The molecule has 0 saturated carbocycles. The van der Waals surface area contributed by atoms with Gasteiger partial charge in [0.05, 0.1) is 0 Å². The Labute approximate surface area is 68.1 Å². The quantitative estimate of drug-likeness (QED) is 0.562. The fourth-order valence-electron chi connectivity index (χ4n) is 0.714. The van der Waals surface area contributed by atoms with Gasteiger partial charge < -0.3 is 4.79 Å². The molecule has 0 aliphatic rings. The molecular weight excluding hydrogens is 136 g/mol. The lowest BCUT2D eigenvalue weighted by Gasteiger charge is -1.89. The van der Waals surface area contributed by atoms with Crippen LogP contribution in [0.15, 0.2) is 30.3 Å². The van der Waals surface area contributed by atoms with Crippen molar-refractivity contribution in [2.45, 2.75) is 20.3 Å². The van der Waals surface area contributed by atoms with Crippen LogP contribution < -0.4 is 0 Å². The van der Waals surface area contributed by atoms with Gasteiger partial charge in [-0.2, -0.15) is 0 Å². The average molecular weight is 150 g/mol. The standard InChI is InChI=1S/C8H10.C2H4O/c1-2-8-6-4-3-5-7-8;1-2-3/h3-7H,2H2,1H3;2H,1H3. The first-order valence-electron chi connectivity index (χ1n) is 3.78. The van der Waals surface area contributed by atoms with Crippen LogP contribution in [0.5, 0.6) is 0 Å². The van der Waals surface area contributed by atoms with Gasteiger partial charge in [0.25, 0.3) is 0 Å². The van der Waals surface area contributed by atoms with E-state index in [-0.39, 0.29) is 0 Å². The fourth-order valence-corrected chi connectivity index (χ4v) is 0.714. The van der Waals surface area contributed by atoms with Crippen molar-refractivity contribution in [1.82, 2.24) is 0 Å². The third kappa shape index (κ3) is 5.34. The zero-order valence-electron chi connectivity index (χ0n) is 7.08. The minimum Gasteiger partial charge on any atom is -0.304 e. The van der Waals surface area contributed by atoms with Crippen molar-refractivity contribution < 1.29 is 4.79 Å². The molecule has 0 aliphatic heterocycles. The van der Waals surface area contributed by atoms with Crippen molar-refractivity contribution in [1.29, 1.82) is 0 Å². The molecule has 0 N–H and O–H groups in total. The Kier molecular flexibility index (Phi) is 6.30. The molecule has 60 valence electrons. The highest BCUT2D eigenvalue weighted by Gasteiger charge is 1.79. The Morgan fingerprint density at radius 3 is 2.00 bits per heavy atom. The second-order valence-corrected chi connectivity index (χ2v) is 2.07. The molecule has 0 amide bonds. The number of aldehydes is 1. The Morgan fingerprint density at radius 1 is 1.27 bits per heavy atom. The maximum Gasteiger partial charge on any atom is 0.116 e. The van der Waals surface area contributed by atoms with Crippen LogP contribution in [0.3, 0.4) is 0 Å². The average Bonchev–Trinajstić information content (AvgIpc) is 2.08. The van der Waals surface area contributed by atoms with Gasteiger partial charge in [-0.3, -0.25) is 0 Å². The van der Waals surface area contributed by atoms with Gasteiger partial charge in [-0.15, -0.1) is 0 Å². The number of rotatable bonds is 1. The summed E-state index contributed by atoms with van der Waals surface area (Å²) in [6, 6.07) is 10.5. The van der Waals surface area contributed by atoms with E-state index in [1.165, 1.54) is 12.5 Å². The van der Waals surface area contributed by atoms with E-state index in [1.807, 2.05) is 6.07 Å². The third-order valence-corrected chi connectivity index (χ3v) is 1.25. The lowest BCUT2D eigenvalue weighted by molar-refractivity contribution is -0.106. The molecular formula is C10H14O. The first-order valence-corrected chi connectivity index (χ1v) is 3.78. The van der Waals surface area contributed by atoms with E-state index in [1.54, 1.807) is 0 Å². The van der Waals surface area contributed by atoms with Crippen molar-refractivity contribution in [3.8, 4) is 0 Å². The molecule has 1 heteroatoms. The predicted octanol–water partition coefficient (Wildman–Crippen LogP) is 2.45.